The lowest BCUT2D eigenvalue weighted by molar-refractivity contribution is -0.120. The van der Waals surface area contributed by atoms with E-state index in [4.69, 9.17) is 0 Å². The minimum atomic E-state index is 0.0245. The van der Waals surface area contributed by atoms with Crippen molar-refractivity contribution in [3.05, 3.63) is 59.4 Å². The van der Waals surface area contributed by atoms with Crippen molar-refractivity contribution < 1.29 is 9.59 Å². The van der Waals surface area contributed by atoms with Crippen LogP contribution in [0.3, 0.4) is 0 Å². The molecule has 0 spiro atoms. The highest BCUT2D eigenvalue weighted by atomic mass is 16.2. The van der Waals surface area contributed by atoms with Crippen molar-refractivity contribution in [1.29, 1.82) is 0 Å². The molecule has 1 aromatic carbocycles. The number of aromatic nitrogens is 1. The van der Waals surface area contributed by atoms with Crippen LogP contribution in [0.2, 0.25) is 0 Å². The molecule has 2 amide bonds. The summed E-state index contributed by atoms with van der Waals surface area (Å²) in [6.07, 6.45) is 5.78. The fraction of sp³-hybridized carbons (Fsp3) is 0.435. The summed E-state index contributed by atoms with van der Waals surface area (Å²) >= 11 is 0. The Morgan fingerprint density at radius 3 is 2.59 bits per heavy atom. The Hall–Kier alpha value is -2.73. The maximum atomic E-state index is 12.3. The van der Waals surface area contributed by atoms with Crippen LogP contribution in [0.25, 0.3) is 0 Å². The molecule has 3 rings (SSSR count). The summed E-state index contributed by atoms with van der Waals surface area (Å²) in [4.78, 5) is 30.6. The normalized spacial score (nSPS) is 15.1. The van der Waals surface area contributed by atoms with Crippen LogP contribution in [0, 0.1) is 19.8 Å². The topological polar surface area (TPSA) is 74.3 Å². The SMILES string of the molecule is Cc1ccc(NC(=O)CN2CCC(CNC(=O)Cc3cccnc3)CC2)cc1C. The van der Waals surface area contributed by atoms with Gasteiger partial charge in [-0.3, -0.25) is 19.5 Å². The summed E-state index contributed by atoms with van der Waals surface area (Å²) < 4.78 is 0. The van der Waals surface area contributed by atoms with Crippen molar-refractivity contribution in [2.45, 2.75) is 33.1 Å². The highest BCUT2D eigenvalue weighted by Crippen LogP contribution is 2.17. The van der Waals surface area contributed by atoms with Gasteiger partial charge in [0.05, 0.1) is 13.0 Å². The van der Waals surface area contributed by atoms with Crippen LogP contribution >= 0.6 is 0 Å². The molecule has 154 valence electrons. The van der Waals surface area contributed by atoms with E-state index >= 15 is 0 Å². The molecule has 1 fully saturated rings. The van der Waals surface area contributed by atoms with Crippen molar-refractivity contribution in [3.8, 4) is 0 Å². The van der Waals surface area contributed by atoms with Gasteiger partial charge in [0, 0.05) is 24.6 Å². The molecule has 0 saturated carbocycles. The molecule has 2 N–H and O–H groups in total. The molecule has 0 radical (unpaired) electrons. The first-order chi connectivity index (χ1) is 14.0. The number of nitrogens with zero attached hydrogens (tertiary/aromatic N) is 2. The first-order valence-corrected chi connectivity index (χ1v) is 10.2. The fourth-order valence-corrected chi connectivity index (χ4v) is 3.58. The molecule has 29 heavy (non-hydrogen) atoms. The lowest BCUT2D eigenvalue weighted by atomic mass is 9.96. The van der Waals surface area contributed by atoms with Gasteiger partial charge < -0.3 is 10.6 Å². The zero-order valence-electron chi connectivity index (χ0n) is 17.3. The van der Waals surface area contributed by atoms with Gasteiger partial charge in [-0.15, -0.1) is 0 Å². The zero-order chi connectivity index (χ0) is 20.6. The number of carbonyl (C=O) groups is 2. The van der Waals surface area contributed by atoms with E-state index in [1.165, 1.54) is 11.1 Å². The van der Waals surface area contributed by atoms with Crippen LogP contribution in [-0.4, -0.2) is 47.9 Å². The molecule has 0 unspecified atom stereocenters. The minimum absolute atomic E-state index is 0.0245. The number of benzene rings is 1. The third-order valence-electron chi connectivity index (χ3n) is 5.54. The number of carbonyl (C=O) groups excluding carboxylic acids is 2. The summed E-state index contributed by atoms with van der Waals surface area (Å²) in [5.74, 6) is 0.525. The van der Waals surface area contributed by atoms with E-state index in [-0.39, 0.29) is 11.8 Å². The Balaban J connectivity index is 1.35. The number of likely N-dealkylation sites (tertiary alicyclic amines) is 1. The standard InChI is InChI=1S/C23H30N4O2/c1-17-5-6-21(12-18(17)2)26-23(29)16-27-10-7-19(8-11-27)15-25-22(28)13-20-4-3-9-24-14-20/h3-6,9,12,14,19H,7-8,10-11,13,15-16H2,1-2H3,(H,25,28)(H,26,29). The van der Waals surface area contributed by atoms with E-state index in [0.717, 1.165) is 37.2 Å². The molecule has 1 saturated heterocycles. The lowest BCUT2D eigenvalue weighted by Gasteiger charge is -2.31. The highest BCUT2D eigenvalue weighted by molar-refractivity contribution is 5.92. The predicted octanol–water partition coefficient (Wildman–Crippen LogP) is 2.71. The second-order valence-corrected chi connectivity index (χ2v) is 7.91. The molecule has 0 aliphatic carbocycles. The Morgan fingerprint density at radius 1 is 1.10 bits per heavy atom. The van der Waals surface area contributed by atoms with Crippen LogP contribution in [0.15, 0.2) is 42.7 Å². The molecule has 6 nitrogen and oxygen atoms in total. The summed E-state index contributed by atoms with van der Waals surface area (Å²) in [6, 6.07) is 9.73. The maximum absolute atomic E-state index is 12.3. The van der Waals surface area contributed by atoms with Crippen LogP contribution in [0.1, 0.15) is 29.5 Å². The average molecular weight is 395 g/mol. The first kappa shape index (κ1) is 21.0. The number of piperidine rings is 1. The number of hydrogen-bond acceptors (Lipinski definition) is 4. The Morgan fingerprint density at radius 2 is 1.90 bits per heavy atom. The van der Waals surface area contributed by atoms with Crippen molar-refractivity contribution >= 4 is 17.5 Å². The second kappa shape index (κ2) is 10.2. The molecule has 2 aromatic rings. The van der Waals surface area contributed by atoms with Gasteiger partial charge >= 0.3 is 0 Å². The molecule has 0 bridgehead atoms. The van der Waals surface area contributed by atoms with Gasteiger partial charge in [-0.1, -0.05) is 12.1 Å². The number of aryl methyl sites for hydroxylation is 2. The third kappa shape index (κ3) is 6.68. The van der Waals surface area contributed by atoms with Crippen LogP contribution in [-0.2, 0) is 16.0 Å². The van der Waals surface area contributed by atoms with E-state index in [1.807, 2.05) is 37.3 Å². The summed E-state index contributed by atoms with van der Waals surface area (Å²) in [5.41, 5.74) is 4.17. The van der Waals surface area contributed by atoms with Gasteiger partial charge in [0.15, 0.2) is 0 Å². The van der Waals surface area contributed by atoms with Crippen molar-refractivity contribution in [3.63, 3.8) is 0 Å². The molecule has 1 aromatic heterocycles. The minimum Gasteiger partial charge on any atom is -0.356 e. The molecule has 2 heterocycles. The second-order valence-electron chi connectivity index (χ2n) is 7.91. The maximum Gasteiger partial charge on any atom is 0.238 e. The molecule has 1 aliphatic rings. The lowest BCUT2D eigenvalue weighted by Crippen LogP contribution is -2.42. The molecular formula is C23H30N4O2. The number of hydrogen-bond donors (Lipinski definition) is 2. The molecule has 1 aliphatic heterocycles. The number of amides is 2. The van der Waals surface area contributed by atoms with Crippen molar-refractivity contribution in [2.24, 2.45) is 5.92 Å². The van der Waals surface area contributed by atoms with Crippen molar-refractivity contribution in [2.75, 3.05) is 31.5 Å². The van der Waals surface area contributed by atoms with Crippen LogP contribution in [0.5, 0.6) is 0 Å². The van der Waals surface area contributed by atoms with Crippen molar-refractivity contribution in [1.82, 2.24) is 15.2 Å². The van der Waals surface area contributed by atoms with E-state index in [0.29, 0.717) is 25.4 Å². The van der Waals surface area contributed by atoms with E-state index < -0.39 is 0 Å². The zero-order valence-corrected chi connectivity index (χ0v) is 17.3. The Kier molecular flexibility index (Phi) is 7.36. The molecule has 6 heteroatoms. The smallest absolute Gasteiger partial charge is 0.238 e. The van der Waals surface area contributed by atoms with Gasteiger partial charge in [-0.05, 0) is 80.6 Å². The largest absolute Gasteiger partial charge is 0.356 e. The van der Waals surface area contributed by atoms with Gasteiger partial charge in [-0.25, -0.2) is 0 Å². The summed E-state index contributed by atoms with van der Waals surface area (Å²) in [6.45, 7) is 6.97. The Bertz CT molecular complexity index is 830. The van der Waals surface area contributed by atoms with Gasteiger partial charge in [0.2, 0.25) is 11.8 Å². The van der Waals surface area contributed by atoms with Gasteiger partial charge in [0.25, 0.3) is 0 Å². The van der Waals surface area contributed by atoms with Gasteiger partial charge in [-0.2, -0.15) is 0 Å². The predicted molar refractivity (Wildman–Crippen MR) is 115 cm³/mol. The highest BCUT2D eigenvalue weighted by Gasteiger charge is 2.21. The number of pyridine rings is 1. The van der Waals surface area contributed by atoms with Crippen LogP contribution in [0.4, 0.5) is 5.69 Å². The van der Waals surface area contributed by atoms with E-state index in [2.05, 4.69) is 27.4 Å². The van der Waals surface area contributed by atoms with Crippen LogP contribution < -0.4 is 10.6 Å². The van der Waals surface area contributed by atoms with Gasteiger partial charge in [0.1, 0.15) is 0 Å². The average Bonchev–Trinajstić information content (AvgIpc) is 2.71. The molecular weight excluding hydrogens is 364 g/mol. The first-order valence-electron chi connectivity index (χ1n) is 10.2. The monoisotopic (exact) mass is 394 g/mol. The summed E-state index contributed by atoms with van der Waals surface area (Å²) in [7, 11) is 0. The third-order valence-corrected chi connectivity index (χ3v) is 5.54. The number of rotatable bonds is 7. The fourth-order valence-electron chi connectivity index (χ4n) is 3.58. The molecule has 0 atom stereocenters. The number of nitrogens with one attached hydrogen (secondary N) is 2. The summed E-state index contributed by atoms with van der Waals surface area (Å²) in [5, 5.41) is 6.02. The van der Waals surface area contributed by atoms with E-state index in [1.54, 1.807) is 12.4 Å². The van der Waals surface area contributed by atoms with E-state index in [9.17, 15) is 9.59 Å². The number of anilines is 1. The Labute approximate surface area is 172 Å². The quantitative estimate of drug-likeness (QED) is 0.757.